The normalized spacial score (nSPS) is 11.0. The van der Waals surface area contributed by atoms with Gasteiger partial charge in [-0.2, -0.15) is 5.10 Å². The summed E-state index contributed by atoms with van der Waals surface area (Å²) in [5, 5.41) is 11.6. The number of benzene rings is 1. The molecule has 0 saturated carbocycles. The molecule has 0 radical (unpaired) electrons. The lowest BCUT2D eigenvalue weighted by Crippen LogP contribution is -1.97. The van der Waals surface area contributed by atoms with Crippen LogP contribution in [0.15, 0.2) is 42.0 Å². The molecule has 100 valence electrons. The predicted octanol–water partition coefficient (Wildman–Crippen LogP) is 2.73. The maximum atomic E-state index is 5.69. The molecule has 0 saturated heterocycles. The van der Waals surface area contributed by atoms with E-state index in [0.717, 1.165) is 24.3 Å². The smallest absolute Gasteiger partial charge is 0.141 e. The van der Waals surface area contributed by atoms with Gasteiger partial charge in [0.25, 0.3) is 0 Å². The summed E-state index contributed by atoms with van der Waals surface area (Å²) in [5.74, 6) is 0.879. The van der Waals surface area contributed by atoms with E-state index in [1.807, 2.05) is 24.3 Å². The number of hydrogen-bond acceptors (Lipinski definition) is 4. The molecule has 0 fully saturated rings. The van der Waals surface area contributed by atoms with Gasteiger partial charge in [-0.05, 0) is 24.1 Å². The van der Waals surface area contributed by atoms with Gasteiger partial charge < -0.3 is 4.74 Å². The second-order valence-corrected chi connectivity index (χ2v) is 4.21. The average Bonchev–Trinajstić information content (AvgIpc) is 2.95. The Hall–Kier alpha value is -2.17. The zero-order chi connectivity index (χ0) is 13.3. The van der Waals surface area contributed by atoms with Crippen LogP contribution in [0.5, 0.6) is 5.75 Å². The van der Waals surface area contributed by atoms with Crippen LogP contribution in [-0.2, 0) is 0 Å². The minimum Gasteiger partial charge on any atom is -0.494 e. The molecule has 0 amide bonds. The standard InChI is InChI=1S/C14H18N4O/c1-2-3-4-8-19-14-7-5-6-13(9-14)10-17-18-11-15-16-12-18/h5-7,9-12H,2-4,8H2,1H3/b17-10+. The van der Waals surface area contributed by atoms with Crippen molar-refractivity contribution in [2.75, 3.05) is 6.61 Å². The van der Waals surface area contributed by atoms with Gasteiger partial charge in [-0.15, -0.1) is 10.2 Å². The molecule has 0 spiro atoms. The minimum atomic E-state index is 0.764. The Kier molecular flexibility index (Phi) is 5.10. The van der Waals surface area contributed by atoms with E-state index in [2.05, 4.69) is 22.2 Å². The Morgan fingerprint density at radius 1 is 1.26 bits per heavy atom. The van der Waals surface area contributed by atoms with Crippen LogP contribution >= 0.6 is 0 Å². The molecular formula is C14H18N4O. The lowest BCUT2D eigenvalue weighted by atomic mass is 10.2. The quantitative estimate of drug-likeness (QED) is 0.567. The molecule has 0 atom stereocenters. The van der Waals surface area contributed by atoms with Gasteiger partial charge in [0, 0.05) is 0 Å². The van der Waals surface area contributed by atoms with Crippen molar-refractivity contribution < 1.29 is 4.74 Å². The largest absolute Gasteiger partial charge is 0.494 e. The molecule has 0 unspecified atom stereocenters. The molecule has 0 bridgehead atoms. The number of rotatable bonds is 7. The highest BCUT2D eigenvalue weighted by atomic mass is 16.5. The molecule has 5 nitrogen and oxygen atoms in total. The third kappa shape index (κ3) is 4.54. The monoisotopic (exact) mass is 258 g/mol. The van der Waals surface area contributed by atoms with Crippen LogP contribution in [0.1, 0.15) is 31.7 Å². The lowest BCUT2D eigenvalue weighted by Gasteiger charge is -2.05. The van der Waals surface area contributed by atoms with Crippen molar-refractivity contribution in [2.24, 2.45) is 5.10 Å². The van der Waals surface area contributed by atoms with Gasteiger partial charge >= 0.3 is 0 Å². The predicted molar refractivity (Wildman–Crippen MR) is 74.5 cm³/mol. The molecule has 1 heterocycles. The van der Waals surface area contributed by atoms with Crippen LogP contribution in [0, 0.1) is 0 Å². The first-order chi connectivity index (χ1) is 9.38. The Morgan fingerprint density at radius 2 is 2.11 bits per heavy atom. The third-order valence-electron chi connectivity index (χ3n) is 2.62. The van der Waals surface area contributed by atoms with E-state index in [4.69, 9.17) is 4.74 Å². The summed E-state index contributed by atoms with van der Waals surface area (Å²) >= 11 is 0. The van der Waals surface area contributed by atoms with Gasteiger partial charge in [-0.3, -0.25) is 0 Å². The zero-order valence-corrected chi connectivity index (χ0v) is 11.1. The highest BCUT2D eigenvalue weighted by Crippen LogP contribution is 2.12. The topological polar surface area (TPSA) is 52.3 Å². The first-order valence-electron chi connectivity index (χ1n) is 6.50. The first kappa shape index (κ1) is 13.3. The molecule has 1 aromatic heterocycles. The van der Waals surface area contributed by atoms with Gasteiger partial charge in [0.1, 0.15) is 18.4 Å². The summed E-state index contributed by atoms with van der Waals surface area (Å²) in [7, 11) is 0. The molecule has 0 aliphatic carbocycles. The van der Waals surface area contributed by atoms with Crippen molar-refractivity contribution in [3.63, 3.8) is 0 Å². The van der Waals surface area contributed by atoms with Gasteiger partial charge in [0.15, 0.2) is 0 Å². The second-order valence-electron chi connectivity index (χ2n) is 4.21. The van der Waals surface area contributed by atoms with Crippen LogP contribution in [-0.4, -0.2) is 27.7 Å². The summed E-state index contributed by atoms with van der Waals surface area (Å²) in [6, 6.07) is 7.87. The number of aromatic nitrogens is 3. The third-order valence-corrected chi connectivity index (χ3v) is 2.62. The summed E-state index contributed by atoms with van der Waals surface area (Å²) < 4.78 is 7.24. The van der Waals surface area contributed by atoms with Crippen molar-refractivity contribution in [1.29, 1.82) is 0 Å². The van der Waals surface area contributed by atoms with Crippen molar-refractivity contribution in [2.45, 2.75) is 26.2 Å². The highest BCUT2D eigenvalue weighted by Gasteiger charge is 1.95. The lowest BCUT2D eigenvalue weighted by molar-refractivity contribution is 0.306. The van der Waals surface area contributed by atoms with Crippen LogP contribution in [0.25, 0.3) is 0 Å². The van der Waals surface area contributed by atoms with Crippen LogP contribution in [0.2, 0.25) is 0 Å². The van der Waals surface area contributed by atoms with E-state index in [-0.39, 0.29) is 0 Å². The number of nitrogens with zero attached hydrogens (tertiary/aromatic N) is 4. The number of hydrogen-bond donors (Lipinski definition) is 0. The average molecular weight is 258 g/mol. The van der Waals surface area contributed by atoms with E-state index in [9.17, 15) is 0 Å². The van der Waals surface area contributed by atoms with Crippen LogP contribution < -0.4 is 4.74 Å². The molecule has 2 rings (SSSR count). The Morgan fingerprint density at radius 3 is 2.89 bits per heavy atom. The summed E-state index contributed by atoms with van der Waals surface area (Å²) in [4.78, 5) is 0. The van der Waals surface area contributed by atoms with Crippen molar-refractivity contribution in [3.8, 4) is 5.75 Å². The highest BCUT2D eigenvalue weighted by molar-refractivity contribution is 5.80. The minimum absolute atomic E-state index is 0.764. The molecule has 0 aliphatic heterocycles. The Bertz CT molecular complexity index is 508. The molecule has 0 N–H and O–H groups in total. The molecule has 2 aromatic rings. The number of unbranched alkanes of at least 4 members (excludes halogenated alkanes) is 2. The van der Waals surface area contributed by atoms with Gasteiger partial charge in [0.05, 0.1) is 12.8 Å². The van der Waals surface area contributed by atoms with Crippen LogP contribution in [0.4, 0.5) is 0 Å². The summed E-state index contributed by atoms with van der Waals surface area (Å²) in [6.45, 7) is 2.95. The zero-order valence-electron chi connectivity index (χ0n) is 11.1. The SMILES string of the molecule is CCCCCOc1cccc(/C=N/n2cnnc2)c1. The Labute approximate surface area is 112 Å². The van der Waals surface area contributed by atoms with E-state index < -0.39 is 0 Å². The van der Waals surface area contributed by atoms with E-state index >= 15 is 0 Å². The summed E-state index contributed by atoms with van der Waals surface area (Å²) in [5.41, 5.74) is 0.988. The Balaban J connectivity index is 1.91. The second kappa shape index (κ2) is 7.31. The molecule has 0 aliphatic rings. The van der Waals surface area contributed by atoms with Crippen LogP contribution in [0.3, 0.4) is 0 Å². The summed E-state index contributed by atoms with van der Waals surface area (Å²) in [6.07, 6.45) is 8.34. The molecule has 1 aromatic carbocycles. The fraction of sp³-hybridized carbons (Fsp3) is 0.357. The van der Waals surface area contributed by atoms with Crippen molar-refractivity contribution in [1.82, 2.24) is 14.9 Å². The van der Waals surface area contributed by atoms with Gasteiger partial charge in [-0.25, -0.2) is 4.68 Å². The fourth-order valence-electron chi connectivity index (χ4n) is 1.61. The van der Waals surface area contributed by atoms with Crippen molar-refractivity contribution >= 4 is 6.21 Å². The number of ether oxygens (including phenoxy) is 1. The molecular weight excluding hydrogens is 240 g/mol. The molecule has 19 heavy (non-hydrogen) atoms. The van der Waals surface area contributed by atoms with Gasteiger partial charge in [-0.1, -0.05) is 31.9 Å². The van der Waals surface area contributed by atoms with E-state index in [1.54, 1.807) is 23.5 Å². The van der Waals surface area contributed by atoms with Gasteiger partial charge in [0.2, 0.25) is 0 Å². The first-order valence-corrected chi connectivity index (χ1v) is 6.50. The molecule has 5 heteroatoms. The maximum absolute atomic E-state index is 5.69. The van der Waals surface area contributed by atoms with E-state index in [1.165, 1.54) is 12.8 Å². The van der Waals surface area contributed by atoms with E-state index in [0.29, 0.717) is 0 Å². The maximum Gasteiger partial charge on any atom is 0.141 e. The van der Waals surface area contributed by atoms with Crippen molar-refractivity contribution in [3.05, 3.63) is 42.5 Å². The fourth-order valence-corrected chi connectivity index (χ4v) is 1.61.